The fourth-order valence-corrected chi connectivity index (χ4v) is 10.1. The second-order valence-corrected chi connectivity index (χ2v) is 20.0. The second kappa shape index (κ2) is 15.4. The zero-order valence-corrected chi connectivity index (χ0v) is 34.2. The first-order valence-corrected chi connectivity index (χ1v) is 21.8. The molecule has 56 heavy (non-hydrogen) atoms. The van der Waals surface area contributed by atoms with Crippen LogP contribution in [0.15, 0.2) is 36.4 Å². The van der Waals surface area contributed by atoms with Crippen molar-refractivity contribution in [1.29, 1.82) is 0 Å². The van der Waals surface area contributed by atoms with E-state index in [0.29, 0.717) is 19.3 Å². The van der Waals surface area contributed by atoms with Crippen molar-refractivity contribution in [3.8, 4) is 5.75 Å². The summed E-state index contributed by atoms with van der Waals surface area (Å²) in [5.74, 6) is -0.721. The van der Waals surface area contributed by atoms with E-state index in [9.17, 15) is 27.6 Å². The highest BCUT2D eigenvalue weighted by Crippen LogP contribution is 2.57. The molecule has 0 spiro atoms. The van der Waals surface area contributed by atoms with Crippen LogP contribution in [0.1, 0.15) is 97.0 Å². The number of nitrogens with zero attached hydrogens (tertiary/aromatic N) is 1. The van der Waals surface area contributed by atoms with Crippen LogP contribution in [0.4, 0.5) is 4.79 Å². The molecule has 1 heterocycles. The van der Waals surface area contributed by atoms with Crippen LogP contribution < -0.4 is 20.1 Å². The number of benzene rings is 2. The van der Waals surface area contributed by atoms with Crippen molar-refractivity contribution in [1.82, 2.24) is 20.3 Å². The number of carbonyl (C=O) groups is 4. The molecule has 0 aromatic heterocycles. The number of methoxy groups -OCH3 is 2. The minimum absolute atomic E-state index is 0.117. The van der Waals surface area contributed by atoms with Gasteiger partial charge in [0.15, 0.2) is 0 Å². The van der Waals surface area contributed by atoms with Crippen LogP contribution >= 0.6 is 0 Å². The van der Waals surface area contributed by atoms with Crippen molar-refractivity contribution in [2.75, 3.05) is 27.4 Å². The number of ether oxygens (including phenoxy) is 3. The molecule has 5 fully saturated rings. The molecule has 13 nitrogen and oxygen atoms in total. The SMILES string of the molecule is COc1cc2ccccc2cc1CCCC1(CCOC(=O)NC(C(=O)N2CC(OC)CC2C(=O)NC2(C(=O)NS(=O)(=O)C3CC3)CC2C2CC2)C(C)(C)C)CC1. The number of carbonyl (C=O) groups excluding carboxylic acids is 4. The summed E-state index contributed by atoms with van der Waals surface area (Å²) in [5, 5.41) is 7.48. The van der Waals surface area contributed by atoms with E-state index >= 15 is 0 Å². The van der Waals surface area contributed by atoms with Crippen molar-refractivity contribution in [3.05, 3.63) is 42.0 Å². The van der Waals surface area contributed by atoms with Crippen molar-refractivity contribution in [2.45, 2.75) is 127 Å². The fourth-order valence-electron chi connectivity index (χ4n) is 8.70. The molecular formula is C42H58N4O9S. The van der Waals surface area contributed by atoms with E-state index < -0.39 is 68.2 Å². The molecule has 0 radical (unpaired) electrons. The molecule has 2 aromatic rings. The minimum Gasteiger partial charge on any atom is -0.496 e. The first-order chi connectivity index (χ1) is 26.6. The van der Waals surface area contributed by atoms with E-state index in [2.05, 4.69) is 39.6 Å². The van der Waals surface area contributed by atoms with Crippen LogP contribution in [0.5, 0.6) is 5.75 Å². The Labute approximate surface area is 330 Å². The minimum atomic E-state index is -3.82. The van der Waals surface area contributed by atoms with Crippen LogP contribution in [0.2, 0.25) is 0 Å². The largest absolute Gasteiger partial charge is 0.496 e. The Morgan fingerprint density at radius 2 is 1.68 bits per heavy atom. The molecule has 2 aromatic carbocycles. The molecule has 5 unspecified atom stereocenters. The third-order valence-corrected chi connectivity index (χ3v) is 14.7. The van der Waals surface area contributed by atoms with Gasteiger partial charge in [0, 0.05) is 20.1 Å². The quantitative estimate of drug-likeness (QED) is 0.200. The zero-order chi connectivity index (χ0) is 40.0. The number of hydrogen-bond donors (Lipinski definition) is 3. The normalized spacial score (nSPS) is 25.9. The molecule has 1 saturated heterocycles. The van der Waals surface area contributed by atoms with Gasteiger partial charge in [0.1, 0.15) is 23.4 Å². The molecule has 5 aliphatic rings. The van der Waals surface area contributed by atoms with Gasteiger partial charge in [-0.25, -0.2) is 13.2 Å². The number of hydrogen-bond acceptors (Lipinski definition) is 9. The van der Waals surface area contributed by atoms with E-state index in [1.165, 1.54) is 23.0 Å². The highest BCUT2D eigenvalue weighted by atomic mass is 32.2. The summed E-state index contributed by atoms with van der Waals surface area (Å²) in [6, 6.07) is 10.6. The van der Waals surface area contributed by atoms with E-state index in [1.54, 1.807) is 7.11 Å². The maximum absolute atomic E-state index is 14.3. The second-order valence-electron chi connectivity index (χ2n) is 18.1. The maximum atomic E-state index is 14.3. The van der Waals surface area contributed by atoms with Gasteiger partial charge >= 0.3 is 6.09 Å². The zero-order valence-electron chi connectivity index (χ0n) is 33.4. The Morgan fingerprint density at radius 1 is 0.982 bits per heavy atom. The van der Waals surface area contributed by atoms with Crippen molar-refractivity contribution < 1.29 is 41.8 Å². The summed E-state index contributed by atoms with van der Waals surface area (Å²) in [6.45, 7) is 5.85. The number of likely N-dealkylation sites (tertiary alicyclic amines) is 1. The first-order valence-electron chi connectivity index (χ1n) is 20.3. The molecular weight excluding hydrogens is 737 g/mol. The fraction of sp³-hybridized carbons (Fsp3) is 0.667. The summed E-state index contributed by atoms with van der Waals surface area (Å²) >= 11 is 0. The van der Waals surface area contributed by atoms with Crippen LogP contribution in [0, 0.1) is 22.7 Å². The predicted molar refractivity (Wildman–Crippen MR) is 210 cm³/mol. The van der Waals surface area contributed by atoms with E-state index in [-0.39, 0.29) is 36.8 Å². The number of nitrogens with one attached hydrogen (secondary N) is 3. The summed E-state index contributed by atoms with van der Waals surface area (Å²) in [4.78, 5) is 56.6. The molecule has 14 heteroatoms. The van der Waals surface area contributed by atoms with E-state index in [0.717, 1.165) is 62.5 Å². The molecule has 5 atom stereocenters. The average Bonchev–Trinajstić information content (AvgIpc) is 3.93. The summed E-state index contributed by atoms with van der Waals surface area (Å²) < 4.78 is 44.6. The Morgan fingerprint density at radius 3 is 2.29 bits per heavy atom. The lowest BCUT2D eigenvalue weighted by molar-refractivity contribution is -0.143. The highest BCUT2D eigenvalue weighted by molar-refractivity contribution is 7.91. The Bertz CT molecular complexity index is 1950. The lowest BCUT2D eigenvalue weighted by Gasteiger charge is -2.35. The standard InChI is InChI=1S/C42H58N4O9S/c1-40(2,3)35(43-39(50)55-20-19-41(17-18-41)16-8-11-29-21-27-9-6-7-10-28(27)22-34(29)54-5)37(48)46-25-30(53-4)23-33(46)36(47)44-42(24-32(42)26-12-13-26)38(49)45-56(51,52)31-14-15-31/h6-7,9-10,21-22,26,30-33,35H,8,11-20,23-25H2,1-5H3,(H,43,50)(H,44,47)(H,45,49). The third-order valence-electron chi connectivity index (χ3n) is 12.8. The van der Waals surface area contributed by atoms with Crippen molar-refractivity contribution in [3.63, 3.8) is 0 Å². The molecule has 3 N–H and O–H groups in total. The Kier molecular flexibility index (Phi) is 11.1. The number of rotatable bonds is 17. The van der Waals surface area contributed by atoms with Gasteiger partial charge in [-0.1, -0.05) is 45.0 Å². The molecule has 7 rings (SSSR count). The average molecular weight is 795 g/mol. The van der Waals surface area contributed by atoms with E-state index in [1.807, 2.05) is 32.9 Å². The third kappa shape index (κ3) is 8.80. The molecule has 4 aliphatic carbocycles. The van der Waals surface area contributed by atoms with Gasteiger partial charge in [-0.3, -0.25) is 19.1 Å². The lowest BCUT2D eigenvalue weighted by atomic mass is 9.85. The number of sulfonamides is 1. The molecule has 0 bridgehead atoms. The van der Waals surface area contributed by atoms with Gasteiger partial charge in [0.05, 0.1) is 25.1 Å². The lowest BCUT2D eigenvalue weighted by Crippen LogP contribution is -2.60. The molecule has 4 saturated carbocycles. The number of alkyl carbamates (subject to hydrolysis) is 1. The Balaban J connectivity index is 0.943. The summed E-state index contributed by atoms with van der Waals surface area (Å²) in [7, 11) is -0.598. The monoisotopic (exact) mass is 794 g/mol. The van der Waals surface area contributed by atoms with Crippen LogP contribution in [-0.4, -0.2) is 93.5 Å². The number of aryl methyl sites for hydroxylation is 1. The van der Waals surface area contributed by atoms with Gasteiger partial charge in [-0.05, 0) is 122 Å². The molecule has 306 valence electrons. The smallest absolute Gasteiger partial charge is 0.407 e. The highest BCUT2D eigenvalue weighted by Gasteiger charge is 2.67. The van der Waals surface area contributed by atoms with E-state index in [4.69, 9.17) is 14.2 Å². The van der Waals surface area contributed by atoms with Gasteiger partial charge in [-0.2, -0.15) is 0 Å². The molecule has 4 amide bonds. The Hall–Kier alpha value is -3.91. The van der Waals surface area contributed by atoms with Crippen LogP contribution in [-0.2, 0) is 40.3 Å². The number of amides is 4. The maximum Gasteiger partial charge on any atom is 0.407 e. The van der Waals surface area contributed by atoms with Crippen molar-refractivity contribution in [2.24, 2.45) is 22.7 Å². The van der Waals surface area contributed by atoms with Crippen molar-refractivity contribution >= 4 is 44.6 Å². The predicted octanol–water partition coefficient (Wildman–Crippen LogP) is 4.99. The topological polar surface area (TPSA) is 169 Å². The number of fused-ring (bicyclic) bond motifs is 1. The summed E-state index contributed by atoms with van der Waals surface area (Å²) in [5.41, 5.74) is -0.765. The first kappa shape index (κ1) is 40.3. The summed E-state index contributed by atoms with van der Waals surface area (Å²) in [6.07, 6.45) is 8.03. The van der Waals surface area contributed by atoms with Gasteiger partial charge in [0.2, 0.25) is 21.8 Å². The van der Waals surface area contributed by atoms with Gasteiger partial charge < -0.3 is 29.7 Å². The van der Waals surface area contributed by atoms with Gasteiger partial charge in [-0.15, -0.1) is 0 Å². The van der Waals surface area contributed by atoms with Crippen LogP contribution in [0.25, 0.3) is 10.8 Å². The van der Waals surface area contributed by atoms with Gasteiger partial charge in [0.25, 0.3) is 5.91 Å². The molecule has 1 aliphatic heterocycles. The van der Waals surface area contributed by atoms with Crippen LogP contribution in [0.3, 0.4) is 0 Å².